The molecule has 1 aromatic heterocycles. The van der Waals surface area contributed by atoms with Gasteiger partial charge in [0.15, 0.2) is 4.73 Å². The molecule has 0 N–H and O–H groups in total. The number of hydrogen-bond acceptors (Lipinski definition) is 2. The molecule has 0 saturated heterocycles. The highest BCUT2D eigenvalue weighted by molar-refractivity contribution is 9.10. The monoisotopic (exact) mass is 367 g/mol. The summed E-state index contributed by atoms with van der Waals surface area (Å²) in [4.78, 5) is 18.8. The molecule has 2 aromatic rings. The predicted octanol–water partition coefficient (Wildman–Crippen LogP) is 2.96. The van der Waals surface area contributed by atoms with Gasteiger partial charge in [-0.3, -0.25) is 4.79 Å². The molecule has 0 bridgehead atoms. The van der Waals surface area contributed by atoms with Crippen molar-refractivity contribution in [2.24, 2.45) is 7.05 Å². The standard InChI is InChI=1S/C15H15BrClN3O/c1-19-13-9-20(6-5-12(13)18-15(19)16)14(21)8-10-3-2-4-11(17)7-10/h2-4,7H,5-6,8-9H2,1H3. The summed E-state index contributed by atoms with van der Waals surface area (Å²) in [5.41, 5.74) is 3.13. The number of nitrogens with zero attached hydrogens (tertiary/aromatic N) is 3. The van der Waals surface area contributed by atoms with Crippen LogP contribution in [-0.2, 0) is 31.2 Å². The van der Waals surface area contributed by atoms with Crippen molar-refractivity contribution in [3.63, 3.8) is 0 Å². The molecule has 0 radical (unpaired) electrons. The highest BCUT2D eigenvalue weighted by Crippen LogP contribution is 2.22. The molecule has 3 rings (SSSR count). The number of halogens is 2. The van der Waals surface area contributed by atoms with Crippen LogP contribution in [0.3, 0.4) is 0 Å². The van der Waals surface area contributed by atoms with E-state index in [1.807, 2.05) is 40.8 Å². The van der Waals surface area contributed by atoms with Crippen molar-refractivity contribution in [3.8, 4) is 0 Å². The summed E-state index contributed by atoms with van der Waals surface area (Å²) in [6.45, 7) is 1.33. The van der Waals surface area contributed by atoms with Gasteiger partial charge in [0, 0.05) is 25.0 Å². The van der Waals surface area contributed by atoms with Crippen LogP contribution in [0.15, 0.2) is 29.0 Å². The van der Waals surface area contributed by atoms with Gasteiger partial charge in [-0.25, -0.2) is 4.98 Å². The third-order valence-corrected chi connectivity index (χ3v) is 4.74. The van der Waals surface area contributed by atoms with Crippen LogP contribution in [0, 0.1) is 0 Å². The molecule has 1 aliphatic heterocycles. The predicted molar refractivity (Wildman–Crippen MR) is 85.2 cm³/mol. The number of rotatable bonds is 2. The average molecular weight is 369 g/mol. The van der Waals surface area contributed by atoms with Gasteiger partial charge in [0.05, 0.1) is 24.4 Å². The van der Waals surface area contributed by atoms with Crippen molar-refractivity contribution in [2.45, 2.75) is 19.4 Å². The first-order chi connectivity index (χ1) is 10.0. The molecule has 0 fully saturated rings. The Morgan fingerprint density at radius 1 is 1.48 bits per heavy atom. The largest absolute Gasteiger partial charge is 0.336 e. The summed E-state index contributed by atoms with van der Waals surface area (Å²) in [6.07, 6.45) is 1.19. The van der Waals surface area contributed by atoms with E-state index in [-0.39, 0.29) is 5.91 Å². The minimum Gasteiger partial charge on any atom is -0.336 e. The minimum absolute atomic E-state index is 0.125. The molecule has 0 unspecified atom stereocenters. The van der Waals surface area contributed by atoms with Gasteiger partial charge >= 0.3 is 0 Å². The highest BCUT2D eigenvalue weighted by atomic mass is 79.9. The lowest BCUT2D eigenvalue weighted by atomic mass is 10.1. The molecule has 1 aromatic carbocycles. The fourth-order valence-corrected chi connectivity index (χ4v) is 3.24. The first kappa shape index (κ1) is 14.6. The van der Waals surface area contributed by atoms with Gasteiger partial charge in [-0.2, -0.15) is 0 Å². The SMILES string of the molecule is Cn1c(Br)nc2c1CN(C(=O)Cc1cccc(Cl)c1)CC2. The number of carbonyl (C=O) groups is 1. The molecule has 1 aliphatic rings. The molecule has 0 saturated carbocycles. The topological polar surface area (TPSA) is 38.1 Å². The average Bonchev–Trinajstić information content (AvgIpc) is 2.74. The Labute approximate surface area is 136 Å². The quantitative estimate of drug-likeness (QED) is 0.817. The van der Waals surface area contributed by atoms with Crippen LogP contribution in [0.25, 0.3) is 0 Å². The molecule has 1 amide bonds. The summed E-state index contributed by atoms with van der Waals surface area (Å²) in [5, 5.41) is 0.664. The second-order valence-corrected chi connectivity index (χ2v) is 6.35. The van der Waals surface area contributed by atoms with Crippen LogP contribution in [0.2, 0.25) is 5.02 Å². The van der Waals surface area contributed by atoms with Crippen molar-refractivity contribution in [1.29, 1.82) is 0 Å². The minimum atomic E-state index is 0.125. The molecular weight excluding hydrogens is 354 g/mol. The number of benzene rings is 1. The molecular formula is C15H15BrClN3O. The second kappa shape index (κ2) is 5.81. The maximum Gasteiger partial charge on any atom is 0.227 e. The Kier molecular flexibility index (Phi) is 4.04. The normalized spacial score (nSPS) is 14.1. The van der Waals surface area contributed by atoms with E-state index in [2.05, 4.69) is 20.9 Å². The van der Waals surface area contributed by atoms with E-state index >= 15 is 0 Å². The molecule has 0 spiro atoms. The molecule has 110 valence electrons. The number of carbonyl (C=O) groups excluding carboxylic acids is 1. The van der Waals surface area contributed by atoms with Crippen LogP contribution < -0.4 is 0 Å². The van der Waals surface area contributed by atoms with E-state index in [1.54, 1.807) is 0 Å². The lowest BCUT2D eigenvalue weighted by Gasteiger charge is -2.27. The second-order valence-electron chi connectivity index (χ2n) is 5.21. The van der Waals surface area contributed by atoms with Crippen molar-refractivity contribution in [2.75, 3.05) is 6.54 Å². The van der Waals surface area contributed by atoms with Crippen LogP contribution >= 0.6 is 27.5 Å². The lowest BCUT2D eigenvalue weighted by Crippen LogP contribution is -2.37. The number of imidazole rings is 1. The van der Waals surface area contributed by atoms with Crippen molar-refractivity contribution < 1.29 is 4.79 Å². The summed E-state index contributed by atoms with van der Waals surface area (Å²) >= 11 is 9.39. The third-order valence-electron chi connectivity index (χ3n) is 3.80. The molecule has 4 nitrogen and oxygen atoms in total. The fourth-order valence-electron chi connectivity index (χ4n) is 2.60. The summed E-state index contributed by atoms with van der Waals surface area (Å²) in [6, 6.07) is 7.46. The maximum absolute atomic E-state index is 12.4. The van der Waals surface area contributed by atoms with Gasteiger partial charge < -0.3 is 9.47 Å². The Morgan fingerprint density at radius 3 is 3.05 bits per heavy atom. The molecule has 2 heterocycles. The number of fused-ring (bicyclic) bond motifs is 1. The van der Waals surface area contributed by atoms with Crippen LogP contribution in [0.1, 0.15) is 17.0 Å². The van der Waals surface area contributed by atoms with E-state index in [4.69, 9.17) is 11.6 Å². The van der Waals surface area contributed by atoms with E-state index in [9.17, 15) is 4.79 Å². The first-order valence-corrected chi connectivity index (χ1v) is 7.94. The zero-order chi connectivity index (χ0) is 15.0. The molecule has 0 aliphatic carbocycles. The number of amides is 1. The Balaban J connectivity index is 1.73. The van der Waals surface area contributed by atoms with E-state index < -0.39 is 0 Å². The lowest BCUT2D eigenvalue weighted by molar-refractivity contribution is -0.131. The first-order valence-electron chi connectivity index (χ1n) is 6.77. The smallest absolute Gasteiger partial charge is 0.227 e. The number of aromatic nitrogens is 2. The van der Waals surface area contributed by atoms with Crippen LogP contribution in [0.5, 0.6) is 0 Å². The van der Waals surface area contributed by atoms with Crippen molar-refractivity contribution in [1.82, 2.24) is 14.5 Å². The van der Waals surface area contributed by atoms with Crippen LogP contribution in [-0.4, -0.2) is 26.9 Å². The fraction of sp³-hybridized carbons (Fsp3) is 0.333. The third kappa shape index (κ3) is 2.99. The molecule has 6 heteroatoms. The van der Waals surface area contributed by atoms with Gasteiger partial charge in [0.25, 0.3) is 0 Å². The Bertz CT molecular complexity index is 698. The van der Waals surface area contributed by atoms with Crippen molar-refractivity contribution in [3.05, 3.63) is 51.0 Å². The molecule has 0 atom stereocenters. The Hall–Kier alpha value is -1.33. The van der Waals surface area contributed by atoms with Gasteiger partial charge in [0.2, 0.25) is 5.91 Å². The zero-order valence-electron chi connectivity index (χ0n) is 11.6. The van der Waals surface area contributed by atoms with E-state index in [1.165, 1.54) is 0 Å². The summed E-state index contributed by atoms with van der Waals surface area (Å²) in [5.74, 6) is 0.125. The zero-order valence-corrected chi connectivity index (χ0v) is 14.0. The van der Waals surface area contributed by atoms with Gasteiger partial charge in [-0.1, -0.05) is 23.7 Å². The summed E-state index contributed by atoms with van der Waals surface area (Å²) < 4.78 is 2.81. The van der Waals surface area contributed by atoms with Gasteiger partial charge in [-0.15, -0.1) is 0 Å². The van der Waals surface area contributed by atoms with Gasteiger partial charge in [-0.05, 0) is 33.6 Å². The number of hydrogen-bond donors (Lipinski definition) is 0. The Morgan fingerprint density at radius 2 is 2.29 bits per heavy atom. The summed E-state index contributed by atoms with van der Waals surface area (Å²) in [7, 11) is 1.96. The van der Waals surface area contributed by atoms with Crippen LogP contribution in [0.4, 0.5) is 0 Å². The van der Waals surface area contributed by atoms with Gasteiger partial charge in [0.1, 0.15) is 0 Å². The molecule has 21 heavy (non-hydrogen) atoms. The van der Waals surface area contributed by atoms with Crippen molar-refractivity contribution >= 4 is 33.4 Å². The van der Waals surface area contributed by atoms with E-state index in [0.717, 1.165) is 34.7 Å². The maximum atomic E-state index is 12.4. The highest BCUT2D eigenvalue weighted by Gasteiger charge is 2.25. The van der Waals surface area contributed by atoms with E-state index in [0.29, 0.717) is 18.0 Å².